The first-order valence-electron chi connectivity index (χ1n) is 5.44. The van der Waals surface area contributed by atoms with Gasteiger partial charge in [0.15, 0.2) is 5.55 Å². The molecule has 17 heavy (non-hydrogen) atoms. The molecule has 0 spiro atoms. The van der Waals surface area contributed by atoms with Crippen molar-refractivity contribution < 1.29 is 0 Å². The zero-order chi connectivity index (χ0) is 11.5. The molecule has 3 rings (SSSR count). The fraction of sp³-hybridized carbons (Fsp3) is 0.0714. The van der Waals surface area contributed by atoms with Crippen LogP contribution in [0.1, 0.15) is 0 Å². The van der Waals surface area contributed by atoms with Gasteiger partial charge in [-0.3, -0.25) is 5.01 Å². The molecule has 2 aromatic carbocycles. The fourth-order valence-corrected chi connectivity index (χ4v) is 2.33. The van der Waals surface area contributed by atoms with Crippen molar-refractivity contribution in [3.63, 3.8) is 0 Å². The average molecular weight is 239 g/mol. The Morgan fingerprint density at radius 2 is 1.65 bits per heavy atom. The summed E-state index contributed by atoms with van der Waals surface area (Å²) in [5.41, 5.74) is 6.47. The number of benzene rings is 2. The molecule has 2 nitrogen and oxygen atoms in total. The van der Waals surface area contributed by atoms with Gasteiger partial charge in [0.05, 0.1) is 11.6 Å². The second-order valence-corrected chi connectivity index (χ2v) is 4.51. The predicted molar refractivity (Wildman–Crippen MR) is 74.3 cm³/mol. The van der Waals surface area contributed by atoms with Crippen LogP contribution in [0.3, 0.4) is 0 Å². The summed E-state index contributed by atoms with van der Waals surface area (Å²) in [6.07, 6.45) is 0. The van der Waals surface area contributed by atoms with E-state index >= 15 is 0 Å². The van der Waals surface area contributed by atoms with Gasteiger partial charge in [0.1, 0.15) is 0 Å². The predicted octanol–water partition coefficient (Wildman–Crippen LogP) is 3.68. The summed E-state index contributed by atoms with van der Waals surface area (Å²) in [7, 11) is 0. The molecule has 0 N–H and O–H groups in total. The highest BCUT2D eigenvalue weighted by molar-refractivity contribution is 8.12. The van der Waals surface area contributed by atoms with Gasteiger partial charge in [-0.2, -0.15) is 5.10 Å². The van der Waals surface area contributed by atoms with Crippen LogP contribution in [0.2, 0.25) is 0 Å². The first-order chi connectivity index (χ1) is 8.43. The Morgan fingerprint density at radius 3 is 2.29 bits per heavy atom. The number of thioether (sulfide) groups is 1. The molecule has 0 amide bonds. The Bertz CT molecular complexity index is 520. The lowest BCUT2D eigenvalue weighted by molar-refractivity contribution is 1.01. The summed E-state index contributed by atoms with van der Waals surface area (Å²) in [6, 6.07) is 18.8. The minimum atomic E-state index is 0.852. The molecular weight excluding hydrogens is 228 g/mol. The maximum atomic E-state index is 4.15. The topological polar surface area (TPSA) is 15.6 Å². The Kier molecular flexibility index (Phi) is 2.84. The minimum absolute atomic E-state index is 0.852. The van der Waals surface area contributed by atoms with Crippen LogP contribution in [-0.4, -0.2) is 11.4 Å². The van der Waals surface area contributed by atoms with E-state index in [1.807, 2.05) is 11.1 Å². The zero-order valence-corrected chi connectivity index (χ0v) is 10.0. The Morgan fingerprint density at radius 1 is 0.941 bits per heavy atom. The van der Waals surface area contributed by atoms with Gasteiger partial charge in [-0.1, -0.05) is 54.2 Å². The molecule has 83 valence electrons. The Labute approximate surface area is 105 Å². The number of hydrogen-bond donors (Lipinski definition) is 0. The normalized spacial score (nSPS) is 14.2. The molecule has 1 radical (unpaired) electrons. The van der Waals surface area contributed by atoms with Gasteiger partial charge in [0, 0.05) is 0 Å². The molecule has 0 aliphatic carbocycles. The third-order valence-corrected chi connectivity index (χ3v) is 3.27. The molecule has 0 saturated heterocycles. The molecule has 0 fully saturated rings. The average Bonchev–Trinajstić information content (AvgIpc) is 2.94. The van der Waals surface area contributed by atoms with Crippen LogP contribution in [0.25, 0.3) is 11.1 Å². The van der Waals surface area contributed by atoms with E-state index in [4.69, 9.17) is 0 Å². The lowest BCUT2D eigenvalue weighted by Crippen LogP contribution is -2.09. The van der Waals surface area contributed by atoms with Crippen LogP contribution in [0.15, 0.2) is 59.7 Å². The van der Waals surface area contributed by atoms with Crippen LogP contribution in [0.4, 0.5) is 5.69 Å². The lowest BCUT2D eigenvalue weighted by Gasteiger charge is -2.13. The fourth-order valence-electron chi connectivity index (χ4n) is 1.79. The SMILES string of the molecule is [C]1=NN(c2ccc(-c3ccccc3)cc2)CS1. The maximum Gasteiger partial charge on any atom is 0.153 e. The minimum Gasteiger partial charge on any atom is -0.254 e. The van der Waals surface area contributed by atoms with Gasteiger partial charge in [-0.25, -0.2) is 0 Å². The molecular formula is C14H11N2S. The monoisotopic (exact) mass is 239 g/mol. The number of hydrazone groups is 1. The Hall–Kier alpha value is -1.74. The second kappa shape index (κ2) is 4.63. The molecule has 0 saturated carbocycles. The third kappa shape index (κ3) is 2.19. The molecule has 0 atom stereocenters. The summed E-state index contributed by atoms with van der Waals surface area (Å²) in [5.74, 6) is 0.852. The number of anilines is 1. The second-order valence-electron chi connectivity index (χ2n) is 3.78. The van der Waals surface area contributed by atoms with Gasteiger partial charge >= 0.3 is 0 Å². The van der Waals surface area contributed by atoms with Crippen LogP contribution in [0, 0.1) is 0 Å². The molecule has 0 aromatic heterocycles. The number of hydrogen-bond acceptors (Lipinski definition) is 3. The summed E-state index contributed by atoms with van der Waals surface area (Å²) in [6.45, 7) is 0. The van der Waals surface area contributed by atoms with Crippen LogP contribution in [-0.2, 0) is 0 Å². The summed E-state index contributed by atoms with van der Waals surface area (Å²) in [5, 5.41) is 6.10. The summed E-state index contributed by atoms with van der Waals surface area (Å²) in [4.78, 5) is 0. The molecule has 1 aliphatic heterocycles. The van der Waals surface area contributed by atoms with Crippen molar-refractivity contribution in [2.24, 2.45) is 5.10 Å². The van der Waals surface area contributed by atoms with E-state index in [1.54, 1.807) is 11.8 Å². The molecule has 0 unspecified atom stereocenters. The van der Waals surface area contributed by atoms with Crippen LogP contribution < -0.4 is 5.01 Å². The maximum absolute atomic E-state index is 4.15. The van der Waals surface area contributed by atoms with Crippen molar-refractivity contribution in [3.05, 3.63) is 54.6 Å². The van der Waals surface area contributed by atoms with E-state index in [0.717, 1.165) is 11.6 Å². The Balaban J connectivity index is 1.87. The van der Waals surface area contributed by atoms with Gasteiger partial charge in [-0.05, 0) is 23.3 Å². The lowest BCUT2D eigenvalue weighted by atomic mass is 10.1. The largest absolute Gasteiger partial charge is 0.254 e. The van der Waals surface area contributed by atoms with E-state index < -0.39 is 0 Å². The van der Waals surface area contributed by atoms with Crippen molar-refractivity contribution in [3.8, 4) is 11.1 Å². The first-order valence-corrected chi connectivity index (χ1v) is 6.42. The van der Waals surface area contributed by atoms with E-state index in [-0.39, 0.29) is 0 Å². The zero-order valence-electron chi connectivity index (χ0n) is 9.21. The van der Waals surface area contributed by atoms with Crippen LogP contribution >= 0.6 is 11.8 Å². The quantitative estimate of drug-likeness (QED) is 0.794. The molecule has 3 heteroatoms. The van der Waals surface area contributed by atoms with Crippen molar-refractivity contribution >= 4 is 23.0 Å². The van der Waals surface area contributed by atoms with Crippen molar-refractivity contribution in [1.29, 1.82) is 0 Å². The van der Waals surface area contributed by atoms with Crippen molar-refractivity contribution in [2.45, 2.75) is 0 Å². The highest BCUT2D eigenvalue weighted by Crippen LogP contribution is 2.25. The van der Waals surface area contributed by atoms with Gasteiger partial charge in [-0.15, -0.1) is 0 Å². The number of rotatable bonds is 2. The highest BCUT2D eigenvalue weighted by Gasteiger charge is 2.09. The number of nitrogens with zero attached hydrogens (tertiary/aromatic N) is 2. The third-order valence-electron chi connectivity index (χ3n) is 2.69. The summed E-state index contributed by atoms with van der Waals surface area (Å²) < 4.78 is 0. The van der Waals surface area contributed by atoms with Crippen molar-refractivity contribution in [2.75, 3.05) is 10.9 Å². The smallest absolute Gasteiger partial charge is 0.153 e. The van der Waals surface area contributed by atoms with Crippen molar-refractivity contribution in [1.82, 2.24) is 0 Å². The first kappa shape index (κ1) is 10.4. The summed E-state index contributed by atoms with van der Waals surface area (Å²) >= 11 is 1.59. The molecule has 2 aromatic rings. The van der Waals surface area contributed by atoms with E-state index in [0.29, 0.717) is 0 Å². The highest BCUT2D eigenvalue weighted by atomic mass is 32.2. The van der Waals surface area contributed by atoms with E-state index in [9.17, 15) is 0 Å². The van der Waals surface area contributed by atoms with Gasteiger partial charge in [0.25, 0.3) is 0 Å². The van der Waals surface area contributed by atoms with E-state index in [2.05, 4.69) is 59.2 Å². The van der Waals surface area contributed by atoms with Gasteiger partial charge in [0.2, 0.25) is 0 Å². The standard InChI is InChI=1S/C14H11N2S/c1-2-4-12(5-3-1)13-6-8-14(9-7-13)16-11-17-10-15-16/h1-9H,11H2. The molecule has 1 aliphatic rings. The van der Waals surface area contributed by atoms with Gasteiger partial charge < -0.3 is 0 Å². The van der Waals surface area contributed by atoms with E-state index in [1.165, 1.54) is 11.1 Å². The van der Waals surface area contributed by atoms with Crippen LogP contribution in [0.5, 0.6) is 0 Å². The molecule has 1 heterocycles. The molecule has 0 bridgehead atoms.